The normalized spacial score (nSPS) is 11.9. The maximum atomic E-state index is 12.6. The number of carbonyl (C=O) groups excluding carboxylic acids is 1. The molecule has 5 nitrogen and oxygen atoms in total. The van der Waals surface area contributed by atoms with Crippen LogP contribution in [0.15, 0.2) is 30.4 Å². The predicted molar refractivity (Wildman–Crippen MR) is 66.5 cm³/mol. The Morgan fingerprint density at radius 3 is 2.65 bits per heavy atom. The van der Waals surface area contributed by atoms with Crippen LogP contribution in [-0.4, -0.2) is 25.1 Å². The van der Waals surface area contributed by atoms with E-state index in [9.17, 15) is 26.4 Å². The van der Waals surface area contributed by atoms with E-state index in [1.165, 1.54) is 0 Å². The molecule has 1 amide bonds. The molecule has 1 aromatic heterocycles. The van der Waals surface area contributed by atoms with Crippen LogP contribution in [-0.2, 0) is 20.8 Å². The van der Waals surface area contributed by atoms with Crippen molar-refractivity contribution in [2.24, 2.45) is 0 Å². The predicted octanol–water partition coefficient (Wildman–Crippen LogP) is 1.99. The van der Waals surface area contributed by atoms with E-state index in [1.54, 1.807) is 0 Å². The molecule has 0 aromatic carbocycles. The van der Waals surface area contributed by atoms with E-state index in [4.69, 9.17) is 0 Å². The Kier molecular flexibility index (Phi) is 4.88. The summed E-state index contributed by atoms with van der Waals surface area (Å²) in [5.41, 5.74) is -1.56. The summed E-state index contributed by atoms with van der Waals surface area (Å²) >= 11 is 0. The van der Waals surface area contributed by atoms with Gasteiger partial charge in [-0.3, -0.25) is 9.78 Å². The highest BCUT2D eigenvalue weighted by atomic mass is 32.2. The van der Waals surface area contributed by atoms with Crippen molar-refractivity contribution in [1.82, 2.24) is 4.98 Å². The number of sulfone groups is 1. The van der Waals surface area contributed by atoms with Gasteiger partial charge in [-0.25, -0.2) is 8.42 Å². The fourth-order valence-electron chi connectivity index (χ4n) is 1.27. The molecule has 0 unspecified atom stereocenters. The third-order valence-electron chi connectivity index (χ3n) is 2.27. The van der Waals surface area contributed by atoms with Gasteiger partial charge in [0.2, 0.25) is 5.91 Å². The van der Waals surface area contributed by atoms with Crippen LogP contribution >= 0.6 is 0 Å². The molecule has 9 heteroatoms. The number of hydrogen-bond donors (Lipinski definition) is 1. The van der Waals surface area contributed by atoms with Crippen molar-refractivity contribution in [3.05, 3.63) is 36.0 Å². The Morgan fingerprint density at radius 2 is 2.10 bits per heavy atom. The molecule has 0 aliphatic heterocycles. The van der Waals surface area contributed by atoms with Gasteiger partial charge in [0, 0.05) is 18.0 Å². The first-order valence-electron chi connectivity index (χ1n) is 5.32. The number of pyridine rings is 1. The van der Waals surface area contributed by atoms with Crippen molar-refractivity contribution in [3.63, 3.8) is 0 Å². The van der Waals surface area contributed by atoms with E-state index < -0.39 is 45.3 Å². The molecule has 0 atom stereocenters. The van der Waals surface area contributed by atoms with Gasteiger partial charge in [0.05, 0.1) is 23.2 Å². The molecule has 0 saturated heterocycles. The molecule has 0 radical (unpaired) electrons. The second-order valence-corrected chi connectivity index (χ2v) is 5.82. The van der Waals surface area contributed by atoms with Gasteiger partial charge >= 0.3 is 6.18 Å². The SMILES string of the molecule is C=CS(=O)(=O)CCC(=O)Nc1cnccc1C(F)(F)F. The maximum absolute atomic E-state index is 12.6. The monoisotopic (exact) mass is 308 g/mol. The number of nitrogens with zero attached hydrogens (tertiary/aromatic N) is 1. The van der Waals surface area contributed by atoms with Crippen molar-refractivity contribution in [1.29, 1.82) is 0 Å². The van der Waals surface area contributed by atoms with Gasteiger partial charge in [-0.2, -0.15) is 13.2 Å². The van der Waals surface area contributed by atoms with Gasteiger partial charge in [0.15, 0.2) is 9.84 Å². The highest BCUT2D eigenvalue weighted by Crippen LogP contribution is 2.34. The lowest BCUT2D eigenvalue weighted by Gasteiger charge is -2.12. The lowest BCUT2D eigenvalue weighted by molar-refractivity contribution is -0.137. The van der Waals surface area contributed by atoms with Crippen molar-refractivity contribution < 1.29 is 26.4 Å². The first-order valence-corrected chi connectivity index (χ1v) is 7.03. The Bertz CT molecular complexity index is 612. The van der Waals surface area contributed by atoms with E-state index in [-0.39, 0.29) is 0 Å². The molecule has 0 aliphatic carbocycles. The molecule has 20 heavy (non-hydrogen) atoms. The molecule has 1 rings (SSSR count). The molecule has 0 saturated carbocycles. The van der Waals surface area contributed by atoms with Gasteiger partial charge in [0.25, 0.3) is 0 Å². The number of halogens is 3. The van der Waals surface area contributed by atoms with Crippen molar-refractivity contribution in [2.75, 3.05) is 11.1 Å². The van der Waals surface area contributed by atoms with E-state index in [1.807, 2.05) is 5.32 Å². The van der Waals surface area contributed by atoms with Crippen LogP contribution in [0, 0.1) is 0 Å². The second kappa shape index (κ2) is 6.04. The first-order chi connectivity index (χ1) is 9.15. The molecule has 1 heterocycles. The van der Waals surface area contributed by atoms with Crippen molar-refractivity contribution >= 4 is 21.4 Å². The standard InChI is InChI=1S/C11H11F3N2O3S/c1-2-20(18,19)6-4-10(17)16-9-7-15-5-3-8(9)11(12,13)14/h2-3,5,7H,1,4,6H2,(H,16,17). The molecular formula is C11H11F3N2O3S. The largest absolute Gasteiger partial charge is 0.418 e. The molecule has 1 N–H and O–H groups in total. The summed E-state index contributed by atoms with van der Waals surface area (Å²) in [6, 6.07) is 0.718. The zero-order valence-electron chi connectivity index (χ0n) is 10.1. The molecule has 0 aliphatic rings. The fourth-order valence-corrected chi connectivity index (χ4v) is 1.91. The average Bonchev–Trinajstić information content (AvgIpc) is 2.36. The molecule has 110 valence electrons. The van der Waals surface area contributed by atoms with Gasteiger partial charge in [0.1, 0.15) is 0 Å². The Labute approximate surface area is 113 Å². The highest BCUT2D eigenvalue weighted by Gasteiger charge is 2.33. The fraction of sp³-hybridized carbons (Fsp3) is 0.273. The van der Waals surface area contributed by atoms with Crippen LogP contribution in [0.2, 0.25) is 0 Å². The van der Waals surface area contributed by atoms with Crippen molar-refractivity contribution in [3.8, 4) is 0 Å². The summed E-state index contributed by atoms with van der Waals surface area (Å²) < 4.78 is 60.1. The Balaban J connectivity index is 2.80. The van der Waals surface area contributed by atoms with E-state index in [2.05, 4.69) is 11.6 Å². The van der Waals surface area contributed by atoms with Crippen molar-refractivity contribution in [2.45, 2.75) is 12.6 Å². The topological polar surface area (TPSA) is 76.1 Å². The van der Waals surface area contributed by atoms with Gasteiger partial charge in [-0.15, -0.1) is 0 Å². The number of anilines is 1. The summed E-state index contributed by atoms with van der Waals surface area (Å²) in [6.07, 6.45) is -3.32. The number of rotatable bonds is 5. The van der Waals surface area contributed by atoms with Gasteiger partial charge in [-0.1, -0.05) is 6.58 Å². The number of alkyl halides is 3. The number of aromatic nitrogens is 1. The number of nitrogens with one attached hydrogen (secondary N) is 1. The molecular weight excluding hydrogens is 297 g/mol. The minimum atomic E-state index is -4.64. The summed E-state index contributed by atoms with van der Waals surface area (Å²) in [5, 5.41) is 2.68. The number of hydrogen-bond acceptors (Lipinski definition) is 4. The maximum Gasteiger partial charge on any atom is 0.418 e. The van der Waals surface area contributed by atoms with Gasteiger partial charge < -0.3 is 5.32 Å². The number of carbonyl (C=O) groups is 1. The summed E-state index contributed by atoms with van der Waals surface area (Å²) in [6.45, 7) is 3.06. The van der Waals surface area contributed by atoms with E-state index >= 15 is 0 Å². The van der Waals surface area contributed by atoms with E-state index in [0.29, 0.717) is 5.41 Å². The van der Waals surface area contributed by atoms with Crippen LogP contribution in [0.25, 0.3) is 0 Å². The summed E-state index contributed by atoms with van der Waals surface area (Å²) in [7, 11) is -3.58. The quantitative estimate of drug-likeness (QED) is 0.902. The molecule has 0 spiro atoms. The molecule has 0 fully saturated rings. The lowest BCUT2D eigenvalue weighted by atomic mass is 10.2. The minimum absolute atomic E-state index is 0.472. The average molecular weight is 308 g/mol. The second-order valence-electron chi connectivity index (χ2n) is 3.75. The summed E-state index contributed by atoms with van der Waals surface area (Å²) in [5.74, 6) is -1.38. The van der Waals surface area contributed by atoms with Crippen LogP contribution in [0.4, 0.5) is 18.9 Å². The van der Waals surface area contributed by atoms with Gasteiger partial charge in [-0.05, 0) is 6.07 Å². The van der Waals surface area contributed by atoms with Crippen LogP contribution in [0.3, 0.4) is 0 Å². The summed E-state index contributed by atoms with van der Waals surface area (Å²) in [4.78, 5) is 14.9. The Hall–Kier alpha value is -1.90. The first kappa shape index (κ1) is 16.2. The molecule has 1 aromatic rings. The number of amides is 1. The Morgan fingerprint density at radius 1 is 1.45 bits per heavy atom. The molecule has 0 bridgehead atoms. The van der Waals surface area contributed by atoms with Crippen LogP contribution in [0.1, 0.15) is 12.0 Å². The third-order valence-corrected chi connectivity index (χ3v) is 3.55. The smallest absolute Gasteiger partial charge is 0.324 e. The van der Waals surface area contributed by atoms with Crippen LogP contribution in [0.5, 0.6) is 0 Å². The van der Waals surface area contributed by atoms with Crippen LogP contribution < -0.4 is 5.32 Å². The zero-order valence-corrected chi connectivity index (χ0v) is 11.0. The lowest BCUT2D eigenvalue weighted by Crippen LogP contribution is -2.19. The van der Waals surface area contributed by atoms with E-state index in [0.717, 1.165) is 18.5 Å². The highest BCUT2D eigenvalue weighted by molar-refractivity contribution is 7.94. The minimum Gasteiger partial charge on any atom is -0.324 e. The zero-order chi connectivity index (χ0) is 15.4. The third kappa shape index (κ3) is 4.65.